The van der Waals surface area contributed by atoms with E-state index in [0.29, 0.717) is 6.42 Å². The van der Waals surface area contributed by atoms with Gasteiger partial charge in [0.2, 0.25) is 0 Å². The molecule has 0 aliphatic rings. The number of H-pyrrole nitrogens is 1. The Hall–Kier alpha value is -1.84. The van der Waals surface area contributed by atoms with Crippen LogP contribution in [0.1, 0.15) is 5.82 Å². The Morgan fingerprint density at radius 1 is 1.50 bits per heavy atom. The molecule has 72 valence electrons. The van der Waals surface area contributed by atoms with Crippen molar-refractivity contribution in [2.45, 2.75) is 6.42 Å². The van der Waals surface area contributed by atoms with Gasteiger partial charge in [0, 0.05) is 0 Å². The highest BCUT2D eigenvalue weighted by atomic mass is 16.5. The molecule has 2 N–H and O–H groups in total. The Bertz CT molecular complexity index is 428. The van der Waals surface area contributed by atoms with E-state index in [4.69, 9.17) is 10.1 Å². The van der Waals surface area contributed by atoms with Gasteiger partial charge in [-0.05, 0) is 12.1 Å². The van der Waals surface area contributed by atoms with Crippen LogP contribution in [0.15, 0.2) is 24.3 Å². The van der Waals surface area contributed by atoms with Crippen LogP contribution in [0, 0.1) is 5.41 Å². The molecular weight excluding hydrogens is 178 g/mol. The summed E-state index contributed by atoms with van der Waals surface area (Å²) in [7, 11) is 1.49. The maximum atomic E-state index is 7.37. The van der Waals surface area contributed by atoms with Gasteiger partial charge in [-0.25, -0.2) is 4.98 Å². The summed E-state index contributed by atoms with van der Waals surface area (Å²) in [5.41, 5.74) is 1.91. The second-order valence-corrected chi connectivity index (χ2v) is 3.00. The maximum Gasteiger partial charge on any atom is 0.187 e. The van der Waals surface area contributed by atoms with Gasteiger partial charge in [0.15, 0.2) is 5.90 Å². The molecule has 1 aromatic carbocycles. The van der Waals surface area contributed by atoms with Crippen molar-refractivity contribution >= 4 is 16.9 Å². The van der Waals surface area contributed by atoms with Gasteiger partial charge in [0.05, 0.1) is 24.6 Å². The number of rotatable bonds is 2. The molecule has 0 spiro atoms. The quantitative estimate of drug-likeness (QED) is 0.558. The fourth-order valence-electron chi connectivity index (χ4n) is 1.31. The zero-order chi connectivity index (χ0) is 9.97. The van der Waals surface area contributed by atoms with E-state index < -0.39 is 0 Å². The van der Waals surface area contributed by atoms with E-state index in [9.17, 15) is 0 Å². The highest BCUT2D eigenvalue weighted by molar-refractivity contribution is 5.78. The van der Waals surface area contributed by atoms with Crippen molar-refractivity contribution in [3.8, 4) is 0 Å². The molecule has 4 heteroatoms. The predicted molar refractivity (Wildman–Crippen MR) is 54.5 cm³/mol. The number of hydrogen-bond donors (Lipinski definition) is 2. The minimum Gasteiger partial charge on any atom is -0.484 e. The highest BCUT2D eigenvalue weighted by Gasteiger charge is 2.04. The normalized spacial score (nSPS) is 10.4. The number of ether oxygens (including phenoxy) is 1. The largest absolute Gasteiger partial charge is 0.484 e. The number of para-hydroxylation sites is 2. The van der Waals surface area contributed by atoms with E-state index in [1.165, 1.54) is 7.11 Å². The SMILES string of the molecule is COC(=N)Cc1nc2ccccc2[nH]1. The second-order valence-electron chi connectivity index (χ2n) is 3.00. The first-order valence-electron chi connectivity index (χ1n) is 4.34. The molecule has 2 aromatic rings. The smallest absolute Gasteiger partial charge is 0.187 e. The summed E-state index contributed by atoms with van der Waals surface area (Å²) >= 11 is 0. The number of nitrogens with zero attached hydrogens (tertiary/aromatic N) is 1. The summed E-state index contributed by atoms with van der Waals surface area (Å²) in [5.74, 6) is 0.974. The van der Waals surface area contributed by atoms with Gasteiger partial charge < -0.3 is 9.72 Å². The molecule has 0 atom stereocenters. The van der Waals surface area contributed by atoms with Gasteiger partial charge in [0.1, 0.15) is 5.82 Å². The Kier molecular flexibility index (Phi) is 2.18. The Morgan fingerprint density at radius 2 is 2.29 bits per heavy atom. The summed E-state index contributed by atoms with van der Waals surface area (Å²) < 4.78 is 4.77. The summed E-state index contributed by atoms with van der Waals surface area (Å²) in [6.07, 6.45) is 0.408. The first-order valence-corrected chi connectivity index (χ1v) is 4.34. The number of fused-ring (bicyclic) bond motifs is 1. The van der Waals surface area contributed by atoms with E-state index >= 15 is 0 Å². The molecule has 0 aliphatic heterocycles. The summed E-state index contributed by atoms with van der Waals surface area (Å²) in [5, 5.41) is 7.37. The molecule has 0 saturated heterocycles. The Morgan fingerprint density at radius 3 is 3.00 bits per heavy atom. The van der Waals surface area contributed by atoms with Gasteiger partial charge in [-0.1, -0.05) is 12.1 Å². The number of aromatic amines is 1. The van der Waals surface area contributed by atoms with Crippen LogP contribution in [0.3, 0.4) is 0 Å². The lowest BCUT2D eigenvalue weighted by molar-refractivity contribution is 0.389. The van der Waals surface area contributed by atoms with Crippen molar-refractivity contribution in [1.29, 1.82) is 5.41 Å². The number of methoxy groups -OCH3 is 1. The van der Waals surface area contributed by atoms with Crippen molar-refractivity contribution in [3.05, 3.63) is 30.1 Å². The van der Waals surface area contributed by atoms with E-state index in [1.807, 2.05) is 24.3 Å². The average molecular weight is 189 g/mol. The van der Waals surface area contributed by atoms with Crippen LogP contribution >= 0.6 is 0 Å². The van der Waals surface area contributed by atoms with Gasteiger partial charge in [-0.3, -0.25) is 5.41 Å². The van der Waals surface area contributed by atoms with E-state index in [2.05, 4.69) is 9.97 Å². The minimum atomic E-state index is 0.212. The minimum absolute atomic E-state index is 0.212. The van der Waals surface area contributed by atoms with Gasteiger partial charge in [-0.2, -0.15) is 0 Å². The van der Waals surface area contributed by atoms with Crippen molar-refractivity contribution in [2.75, 3.05) is 7.11 Å². The standard InChI is InChI=1S/C10H11N3O/c1-14-9(11)6-10-12-7-4-2-3-5-8(7)13-10/h2-5,11H,6H2,1H3,(H,12,13). The van der Waals surface area contributed by atoms with Gasteiger partial charge in [-0.15, -0.1) is 0 Å². The van der Waals surface area contributed by atoms with Crippen LogP contribution in [0.2, 0.25) is 0 Å². The van der Waals surface area contributed by atoms with E-state index in [1.54, 1.807) is 0 Å². The van der Waals surface area contributed by atoms with Crippen molar-refractivity contribution in [1.82, 2.24) is 9.97 Å². The second kappa shape index (κ2) is 3.49. The fourth-order valence-corrected chi connectivity index (χ4v) is 1.31. The summed E-state index contributed by atoms with van der Waals surface area (Å²) in [4.78, 5) is 7.45. The number of imidazole rings is 1. The van der Waals surface area contributed by atoms with Crippen LogP contribution in [0.25, 0.3) is 11.0 Å². The van der Waals surface area contributed by atoms with Crippen LogP contribution < -0.4 is 0 Å². The fraction of sp³-hybridized carbons (Fsp3) is 0.200. The molecule has 4 nitrogen and oxygen atoms in total. The molecular formula is C10H11N3O. The molecule has 0 fully saturated rings. The lowest BCUT2D eigenvalue weighted by Gasteiger charge is -1.97. The topological polar surface area (TPSA) is 61.8 Å². The molecule has 0 amide bonds. The number of nitrogens with one attached hydrogen (secondary N) is 2. The number of benzene rings is 1. The molecule has 14 heavy (non-hydrogen) atoms. The van der Waals surface area contributed by atoms with E-state index in [0.717, 1.165) is 16.9 Å². The third kappa shape index (κ3) is 1.59. The lowest BCUT2D eigenvalue weighted by atomic mass is 10.3. The first-order chi connectivity index (χ1) is 6.79. The Labute approximate surface area is 81.4 Å². The lowest BCUT2D eigenvalue weighted by Crippen LogP contribution is -2.04. The van der Waals surface area contributed by atoms with Crippen LogP contribution in [-0.2, 0) is 11.2 Å². The van der Waals surface area contributed by atoms with Crippen LogP contribution in [-0.4, -0.2) is 23.0 Å². The number of aromatic nitrogens is 2. The third-order valence-electron chi connectivity index (χ3n) is 2.01. The molecule has 2 rings (SSSR count). The molecule has 0 radical (unpaired) electrons. The van der Waals surface area contributed by atoms with Crippen molar-refractivity contribution in [2.24, 2.45) is 0 Å². The average Bonchev–Trinajstić information content (AvgIpc) is 2.59. The molecule has 0 bridgehead atoms. The summed E-state index contributed by atoms with van der Waals surface area (Å²) in [6, 6.07) is 7.79. The Balaban J connectivity index is 2.31. The molecule has 0 aliphatic carbocycles. The summed E-state index contributed by atoms with van der Waals surface area (Å²) in [6.45, 7) is 0. The first kappa shape index (κ1) is 8.74. The van der Waals surface area contributed by atoms with Crippen molar-refractivity contribution in [3.63, 3.8) is 0 Å². The van der Waals surface area contributed by atoms with Crippen LogP contribution in [0.5, 0.6) is 0 Å². The zero-order valence-corrected chi connectivity index (χ0v) is 7.87. The van der Waals surface area contributed by atoms with Gasteiger partial charge in [0.25, 0.3) is 0 Å². The predicted octanol–water partition coefficient (Wildman–Crippen LogP) is 1.73. The third-order valence-corrected chi connectivity index (χ3v) is 2.01. The zero-order valence-electron chi connectivity index (χ0n) is 7.87. The molecule has 1 aromatic heterocycles. The van der Waals surface area contributed by atoms with E-state index in [-0.39, 0.29) is 5.90 Å². The molecule has 0 unspecified atom stereocenters. The van der Waals surface area contributed by atoms with Gasteiger partial charge >= 0.3 is 0 Å². The number of hydrogen-bond acceptors (Lipinski definition) is 3. The highest BCUT2D eigenvalue weighted by Crippen LogP contribution is 2.10. The van der Waals surface area contributed by atoms with Crippen molar-refractivity contribution < 1.29 is 4.74 Å². The maximum absolute atomic E-state index is 7.37. The molecule has 0 saturated carbocycles. The molecule has 1 heterocycles. The monoisotopic (exact) mass is 189 g/mol. The van der Waals surface area contributed by atoms with Crippen LogP contribution in [0.4, 0.5) is 0 Å².